The van der Waals surface area contributed by atoms with E-state index in [0.29, 0.717) is 25.6 Å². The number of aryl methyl sites for hydroxylation is 2. The molecule has 0 unspecified atom stereocenters. The highest BCUT2D eigenvalue weighted by Gasteiger charge is 2.07. The Morgan fingerprint density at radius 3 is 2.48 bits per heavy atom. The zero-order valence-corrected chi connectivity index (χ0v) is 15.1. The molecule has 0 fully saturated rings. The molecule has 0 radical (unpaired) electrons. The summed E-state index contributed by atoms with van der Waals surface area (Å²) in [6.07, 6.45) is 0.556. The predicted molar refractivity (Wildman–Crippen MR) is 98.7 cm³/mol. The minimum absolute atomic E-state index is 0.0956. The minimum atomic E-state index is -0.807. The molecule has 2 aromatic carbocycles. The minimum Gasteiger partial charge on any atom is -0.490 e. The summed E-state index contributed by atoms with van der Waals surface area (Å²) >= 11 is 0. The van der Waals surface area contributed by atoms with E-state index in [1.807, 2.05) is 30.3 Å². The molecule has 0 aliphatic carbocycles. The number of carboxylic acids is 1. The first-order chi connectivity index (χ1) is 12.0. The van der Waals surface area contributed by atoms with Gasteiger partial charge in [-0.05, 0) is 54.2 Å². The third kappa shape index (κ3) is 5.82. The van der Waals surface area contributed by atoms with Gasteiger partial charge < -0.3 is 14.6 Å². The number of benzene rings is 2. The van der Waals surface area contributed by atoms with Gasteiger partial charge >= 0.3 is 5.97 Å². The standard InChI is InChI=1S/C21H26O4/c1-15(2)19-10-9-18(14-16(19)3)24-12-13-25-20-7-5-4-6-17(20)8-11-21(22)23/h4-7,9-10,14-15H,8,11-13H2,1-3H3,(H,22,23). The normalized spacial score (nSPS) is 10.7. The van der Waals surface area contributed by atoms with Crippen LogP contribution in [0.25, 0.3) is 0 Å². The van der Waals surface area contributed by atoms with Gasteiger partial charge in [-0.25, -0.2) is 0 Å². The second kappa shape index (κ2) is 9.11. The highest BCUT2D eigenvalue weighted by molar-refractivity contribution is 5.67. The molecule has 0 saturated heterocycles. The van der Waals surface area contributed by atoms with Crippen LogP contribution in [0.15, 0.2) is 42.5 Å². The van der Waals surface area contributed by atoms with Gasteiger partial charge in [0.1, 0.15) is 24.7 Å². The Kier molecular flexibility index (Phi) is 6.87. The molecule has 0 spiro atoms. The highest BCUT2D eigenvalue weighted by atomic mass is 16.5. The Morgan fingerprint density at radius 2 is 1.80 bits per heavy atom. The average molecular weight is 342 g/mol. The zero-order valence-electron chi connectivity index (χ0n) is 15.1. The fourth-order valence-corrected chi connectivity index (χ4v) is 2.79. The van der Waals surface area contributed by atoms with Crippen molar-refractivity contribution in [1.29, 1.82) is 0 Å². The van der Waals surface area contributed by atoms with Crippen molar-refractivity contribution in [1.82, 2.24) is 0 Å². The number of carboxylic acid groups (broad SMARTS) is 1. The molecule has 4 heteroatoms. The molecule has 25 heavy (non-hydrogen) atoms. The van der Waals surface area contributed by atoms with Gasteiger partial charge in [0.2, 0.25) is 0 Å². The van der Waals surface area contributed by atoms with Crippen LogP contribution in [0.3, 0.4) is 0 Å². The van der Waals surface area contributed by atoms with E-state index in [9.17, 15) is 4.79 Å². The van der Waals surface area contributed by atoms with Crippen molar-refractivity contribution >= 4 is 5.97 Å². The topological polar surface area (TPSA) is 55.8 Å². The Balaban J connectivity index is 1.85. The molecule has 0 aromatic heterocycles. The van der Waals surface area contributed by atoms with Crippen molar-refractivity contribution in [2.75, 3.05) is 13.2 Å². The van der Waals surface area contributed by atoms with Crippen molar-refractivity contribution in [3.63, 3.8) is 0 Å². The van der Waals surface area contributed by atoms with Crippen LogP contribution >= 0.6 is 0 Å². The summed E-state index contributed by atoms with van der Waals surface area (Å²) in [5.41, 5.74) is 3.46. The van der Waals surface area contributed by atoms with E-state index in [1.54, 1.807) is 0 Å². The summed E-state index contributed by atoms with van der Waals surface area (Å²) in [7, 11) is 0. The van der Waals surface area contributed by atoms with Gasteiger partial charge in [0.05, 0.1) is 0 Å². The second-order valence-electron chi connectivity index (χ2n) is 6.37. The Hall–Kier alpha value is -2.49. The maximum Gasteiger partial charge on any atom is 0.303 e. The van der Waals surface area contributed by atoms with E-state index in [0.717, 1.165) is 17.1 Å². The van der Waals surface area contributed by atoms with Crippen LogP contribution in [0.1, 0.15) is 42.9 Å². The molecule has 4 nitrogen and oxygen atoms in total. The Bertz CT molecular complexity index is 707. The van der Waals surface area contributed by atoms with Crippen LogP contribution in [-0.2, 0) is 11.2 Å². The monoisotopic (exact) mass is 342 g/mol. The van der Waals surface area contributed by atoms with E-state index in [4.69, 9.17) is 14.6 Å². The van der Waals surface area contributed by atoms with Crippen LogP contribution in [-0.4, -0.2) is 24.3 Å². The summed E-state index contributed by atoms with van der Waals surface area (Å²) in [4.78, 5) is 10.7. The van der Waals surface area contributed by atoms with Crippen LogP contribution in [0, 0.1) is 6.92 Å². The lowest BCUT2D eigenvalue weighted by Crippen LogP contribution is -2.10. The number of aliphatic carboxylic acids is 1. The fraction of sp³-hybridized carbons (Fsp3) is 0.381. The maximum absolute atomic E-state index is 10.7. The molecular formula is C21H26O4. The van der Waals surface area contributed by atoms with E-state index in [1.165, 1.54) is 11.1 Å². The number of hydrogen-bond acceptors (Lipinski definition) is 3. The summed E-state index contributed by atoms with van der Waals surface area (Å²) in [5, 5.41) is 8.82. The van der Waals surface area contributed by atoms with Gasteiger partial charge in [0.15, 0.2) is 0 Å². The largest absolute Gasteiger partial charge is 0.490 e. The number of para-hydroxylation sites is 1. The first kappa shape index (κ1) is 18.8. The zero-order chi connectivity index (χ0) is 18.2. The molecule has 0 bridgehead atoms. The van der Waals surface area contributed by atoms with E-state index < -0.39 is 5.97 Å². The smallest absolute Gasteiger partial charge is 0.303 e. The van der Waals surface area contributed by atoms with Gasteiger partial charge in [-0.2, -0.15) is 0 Å². The summed E-state index contributed by atoms with van der Waals surface area (Å²) < 4.78 is 11.5. The first-order valence-electron chi connectivity index (χ1n) is 8.63. The fourth-order valence-electron chi connectivity index (χ4n) is 2.79. The molecule has 0 aliphatic heterocycles. The predicted octanol–water partition coefficient (Wildman–Crippen LogP) is 4.59. The molecule has 0 saturated carbocycles. The van der Waals surface area contributed by atoms with Crippen molar-refractivity contribution < 1.29 is 19.4 Å². The van der Waals surface area contributed by atoms with E-state index >= 15 is 0 Å². The third-order valence-corrected chi connectivity index (χ3v) is 4.05. The lowest BCUT2D eigenvalue weighted by atomic mass is 9.98. The van der Waals surface area contributed by atoms with Gasteiger partial charge in [0.25, 0.3) is 0 Å². The second-order valence-corrected chi connectivity index (χ2v) is 6.37. The number of rotatable bonds is 9. The molecule has 0 aliphatic rings. The van der Waals surface area contributed by atoms with Gasteiger partial charge in [-0.3, -0.25) is 4.79 Å². The third-order valence-electron chi connectivity index (χ3n) is 4.05. The molecular weight excluding hydrogens is 316 g/mol. The molecule has 2 rings (SSSR count). The number of ether oxygens (including phenoxy) is 2. The summed E-state index contributed by atoms with van der Waals surface area (Å²) in [6.45, 7) is 7.30. The van der Waals surface area contributed by atoms with Crippen molar-refractivity contribution in [3.05, 3.63) is 59.2 Å². The summed E-state index contributed by atoms with van der Waals surface area (Å²) in [5.74, 6) is 1.25. The first-order valence-corrected chi connectivity index (χ1v) is 8.63. The van der Waals surface area contributed by atoms with Crippen molar-refractivity contribution in [2.45, 2.75) is 39.5 Å². The molecule has 0 atom stereocenters. The molecule has 134 valence electrons. The molecule has 0 amide bonds. The molecule has 0 heterocycles. The van der Waals surface area contributed by atoms with Crippen molar-refractivity contribution in [2.24, 2.45) is 0 Å². The Morgan fingerprint density at radius 1 is 1.08 bits per heavy atom. The van der Waals surface area contributed by atoms with Gasteiger partial charge in [0, 0.05) is 6.42 Å². The van der Waals surface area contributed by atoms with Gasteiger partial charge in [-0.1, -0.05) is 38.1 Å². The lowest BCUT2D eigenvalue weighted by Gasteiger charge is -2.14. The van der Waals surface area contributed by atoms with Crippen LogP contribution in [0.2, 0.25) is 0 Å². The van der Waals surface area contributed by atoms with Crippen LogP contribution in [0.4, 0.5) is 0 Å². The summed E-state index contributed by atoms with van der Waals surface area (Å²) in [6, 6.07) is 13.7. The van der Waals surface area contributed by atoms with E-state index in [-0.39, 0.29) is 6.42 Å². The van der Waals surface area contributed by atoms with Crippen LogP contribution in [0.5, 0.6) is 11.5 Å². The van der Waals surface area contributed by atoms with Crippen molar-refractivity contribution in [3.8, 4) is 11.5 Å². The lowest BCUT2D eigenvalue weighted by molar-refractivity contribution is -0.136. The molecule has 2 aromatic rings. The quantitative estimate of drug-likeness (QED) is 0.677. The van der Waals surface area contributed by atoms with Crippen LogP contribution < -0.4 is 9.47 Å². The van der Waals surface area contributed by atoms with E-state index in [2.05, 4.69) is 32.9 Å². The number of carbonyl (C=O) groups is 1. The maximum atomic E-state index is 10.7. The Labute approximate surface area is 149 Å². The van der Waals surface area contributed by atoms with Gasteiger partial charge in [-0.15, -0.1) is 0 Å². The SMILES string of the molecule is Cc1cc(OCCOc2ccccc2CCC(=O)O)ccc1C(C)C. The number of hydrogen-bond donors (Lipinski definition) is 1. The highest BCUT2D eigenvalue weighted by Crippen LogP contribution is 2.24. The molecule has 1 N–H and O–H groups in total. The average Bonchev–Trinajstić information content (AvgIpc) is 2.57.